The molecule has 220 valence electrons. The van der Waals surface area contributed by atoms with E-state index in [0.29, 0.717) is 6.42 Å². The Kier molecular flexibility index (Phi) is 28.3. The van der Waals surface area contributed by atoms with Gasteiger partial charge in [-0.1, -0.05) is 134 Å². The van der Waals surface area contributed by atoms with Crippen molar-refractivity contribution in [1.29, 1.82) is 0 Å². The Morgan fingerprint density at radius 1 is 0.658 bits per heavy atom. The van der Waals surface area contributed by atoms with E-state index in [2.05, 4.69) is 19.6 Å². The molecule has 0 aromatic carbocycles. The van der Waals surface area contributed by atoms with Crippen LogP contribution in [0.15, 0.2) is 36.5 Å². The number of carboxylic acid groups (broad SMARTS) is 1. The van der Waals surface area contributed by atoms with Gasteiger partial charge in [-0.2, -0.15) is 0 Å². The van der Waals surface area contributed by atoms with Crippen molar-refractivity contribution in [3.8, 4) is 0 Å². The van der Waals surface area contributed by atoms with Crippen LogP contribution in [0.4, 0.5) is 0 Å². The van der Waals surface area contributed by atoms with Gasteiger partial charge in [-0.3, -0.25) is 0 Å². The second kappa shape index (κ2) is 29.7. The molecule has 0 atom stereocenters. The van der Waals surface area contributed by atoms with Gasteiger partial charge in [-0.25, -0.2) is 9.59 Å². The fourth-order valence-electron chi connectivity index (χ4n) is 4.71. The van der Waals surface area contributed by atoms with Gasteiger partial charge >= 0.3 is 11.9 Å². The highest BCUT2D eigenvalue weighted by atomic mass is 16.5. The van der Waals surface area contributed by atoms with E-state index in [1.54, 1.807) is 0 Å². The zero-order chi connectivity index (χ0) is 27.9. The minimum absolute atomic E-state index is 0.225. The molecular weight excluding hydrogens is 472 g/mol. The molecule has 0 saturated carbocycles. The van der Waals surface area contributed by atoms with Gasteiger partial charge in [-0.05, 0) is 38.5 Å². The highest BCUT2D eigenvalue weighted by Crippen LogP contribution is 2.17. The fraction of sp³-hybridized carbons (Fsp3) is 0.765. The predicted molar refractivity (Wildman–Crippen MR) is 162 cm³/mol. The molecule has 0 rings (SSSR count). The normalized spacial score (nSPS) is 11.8. The summed E-state index contributed by atoms with van der Waals surface area (Å²) in [5, 5.41) is 8.68. The Morgan fingerprint density at radius 2 is 1.13 bits per heavy atom. The molecule has 0 unspecified atom stereocenters. The van der Waals surface area contributed by atoms with E-state index in [4.69, 9.17) is 9.84 Å². The predicted octanol–water partition coefficient (Wildman–Crippen LogP) is 10.7. The van der Waals surface area contributed by atoms with Gasteiger partial charge in [0.15, 0.2) is 0 Å². The number of carboxylic acids is 1. The molecular formula is C34H60O4. The number of allylic oxidation sites excluding steroid dienone is 2. The number of hydrogen-bond donors (Lipinski definition) is 1. The van der Waals surface area contributed by atoms with Crippen molar-refractivity contribution >= 4 is 11.9 Å². The molecule has 0 aliphatic heterocycles. The first-order chi connectivity index (χ1) is 18.6. The zero-order valence-electron chi connectivity index (χ0n) is 24.9. The summed E-state index contributed by atoms with van der Waals surface area (Å²) in [4.78, 5) is 23.2. The summed E-state index contributed by atoms with van der Waals surface area (Å²) in [6.45, 7) is 6.27. The molecule has 0 saturated heterocycles. The van der Waals surface area contributed by atoms with Crippen LogP contribution in [0.2, 0.25) is 0 Å². The van der Waals surface area contributed by atoms with Gasteiger partial charge in [0.2, 0.25) is 0 Å². The molecule has 0 amide bonds. The lowest BCUT2D eigenvalue weighted by Gasteiger charge is -2.09. The number of hydrogen-bond acceptors (Lipinski definition) is 3. The van der Waals surface area contributed by atoms with Gasteiger partial charge in [0.1, 0.15) is 0 Å². The lowest BCUT2D eigenvalue weighted by Crippen LogP contribution is -2.09. The lowest BCUT2D eigenvalue weighted by molar-refractivity contribution is -0.139. The average Bonchev–Trinajstić information content (AvgIpc) is 2.90. The second-order valence-electron chi connectivity index (χ2n) is 10.7. The van der Waals surface area contributed by atoms with Crippen LogP contribution in [0.25, 0.3) is 0 Å². The first-order valence-electron chi connectivity index (χ1n) is 16.0. The van der Waals surface area contributed by atoms with E-state index >= 15 is 0 Å². The molecule has 0 fully saturated rings. The molecule has 0 aromatic heterocycles. The van der Waals surface area contributed by atoms with Crippen molar-refractivity contribution in [2.75, 3.05) is 6.61 Å². The average molecular weight is 533 g/mol. The molecule has 4 nitrogen and oxygen atoms in total. The van der Waals surface area contributed by atoms with Crippen LogP contribution in [0, 0.1) is 0 Å². The van der Waals surface area contributed by atoms with Crippen molar-refractivity contribution in [2.24, 2.45) is 0 Å². The van der Waals surface area contributed by atoms with Crippen LogP contribution in [0.1, 0.15) is 161 Å². The van der Waals surface area contributed by atoms with Gasteiger partial charge in [0.05, 0.1) is 6.61 Å². The van der Waals surface area contributed by atoms with Crippen LogP contribution < -0.4 is 0 Å². The zero-order valence-corrected chi connectivity index (χ0v) is 24.9. The summed E-state index contributed by atoms with van der Waals surface area (Å²) < 4.78 is 5.44. The molecule has 4 heteroatoms. The summed E-state index contributed by atoms with van der Waals surface area (Å²) in [6, 6.07) is 0. The number of unbranched alkanes of at least 4 members (excludes halogenated alkanes) is 20. The van der Waals surface area contributed by atoms with E-state index in [1.165, 1.54) is 115 Å². The van der Waals surface area contributed by atoms with Gasteiger partial charge in [0, 0.05) is 18.1 Å². The van der Waals surface area contributed by atoms with Crippen LogP contribution >= 0.6 is 0 Å². The van der Waals surface area contributed by atoms with Crippen LogP contribution in [0.5, 0.6) is 0 Å². The molecule has 0 aliphatic carbocycles. The molecule has 1 N–H and O–H groups in total. The van der Waals surface area contributed by atoms with Crippen molar-refractivity contribution < 1.29 is 19.4 Å². The Bertz CT molecular complexity index is 620. The maximum atomic E-state index is 12.6. The van der Waals surface area contributed by atoms with Crippen molar-refractivity contribution in [2.45, 2.75) is 161 Å². The summed E-state index contributed by atoms with van der Waals surface area (Å²) in [5.74, 6) is -1.20. The third-order valence-electron chi connectivity index (χ3n) is 7.09. The first kappa shape index (κ1) is 36.2. The maximum absolute atomic E-state index is 12.6. The van der Waals surface area contributed by atoms with E-state index in [-0.39, 0.29) is 12.6 Å². The van der Waals surface area contributed by atoms with Gasteiger partial charge < -0.3 is 9.84 Å². The Hall–Kier alpha value is -1.84. The summed E-state index contributed by atoms with van der Waals surface area (Å²) in [6.07, 6.45) is 35.8. The quantitative estimate of drug-likeness (QED) is 0.0450. The Balaban J connectivity index is 4.17. The third-order valence-corrected chi connectivity index (χ3v) is 7.09. The van der Waals surface area contributed by atoms with Crippen LogP contribution in [-0.2, 0) is 14.3 Å². The molecule has 0 aromatic rings. The standard InChI is InChI=1S/C34H60O4/c1-3-5-7-9-11-13-15-17-19-21-23-25-29-32(34(37)38-31-27-26-30-33(35)36)28-24-22-20-18-16-14-12-10-8-6-4-2/h3,26,28,30H,1,4-25,27,29,31H2,2H3,(H,35,36). The van der Waals surface area contributed by atoms with Gasteiger partial charge in [0.25, 0.3) is 0 Å². The number of rotatable bonds is 29. The minimum Gasteiger partial charge on any atom is -0.478 e. The summed E-state index contributed by atoms with van der Waals surface area (Å²) >= 11 is 0. The van der Waals surface area contributed by atoms with E-state index in [0.717, 1.165) is 50.2 Å². The SMILES string of the molecule is C=CCCCCCCCCCCCCC(=CCCCCCCCCCCCC)C(=O)OCCC=CC(=O)O. The number of carbonyl (C=O) groups excluding carboxylic acids is 1. The third kappa shape index (κ3) is 27.2. The molecule has 0 heterocycles. The van der Waals surface area contributed by atoms with Crippen molar-refractivity contribution in [3.05, 3.63) is 36.5 Å². The largest absolute Gasteiger partial charge is 0.478 e. The molecule has 0 radical (unpaired) electrons. The number of carbonyl (C=O) groups is 2. The highest BCUT2D eigenvalue weighted by Gasteiger charge is 2.10. The van der Waals surface area contributed by atoms with Gasteiger partial charge in [-0.15, -0.1) is 6.58 Å². The molecule has 0 aliphatic rings. The highest BCUT2D eigenvalue weighted by molar-refractivity contribution is 5.88. The molecule has 0 bridgehead atoms. The monoisotopic (exact) mass is 532 g/mol. The minimum atomic E-state index is -0.975. The van der Waals surface area contributed by atoms with E-state index in [1.807, 2.05) is 6.08 Å². The fourth-order valence-corrected chi connectivity index (χ4v) is 4.71. The molecule has 0 spiro atoms. The number of esters is 1. The van der Waals surface area contributed by atoms with Crippen LogP contribution in [-0.4, -0.2) is 23.7 Å². The topological polar surface area (TPSA) is 63.6 Å². The summed E-state index contributed by atoms with van der Waals surface area (Å²) in [5.41, 5.74) is 0.808. The first-order valence-corrected chi connectivity index (χ1v) is 16.0. The lowest BCUT2D eigenvalue weighted by atomic mass is 10.0. The van der Waals surface area contributed by atoms with Crippen molar-refractivity contribution in [3.63, 3.8) is 0 Å². The Labute approximate surface area is 235 Å². The number of ether oxygens (including phenoxy) is 1. The summed E-state index contributed by atoms with van der Waals surface area (Å²) in [7, 11) is 0. The number of aliphatic carboxylic acids is 1. The van der Waals surface area contributed by atoms with Crippen molar-refractivity contribution in [1.82, 2.24) is 0 Å². The second-order valence-corrected chi connectivity index (χ2v) is 10.7. The Morgan fingerprint density at radius 3 is 1.63 bits per heavy atom. The smallest absolute Gasteiger partial charge is 0.333 e. The van der Waals surface area contributed by atoms with E-state index in [9.17, 15) is 9.59 Å². The van der Waals surface area contributed by atoms with E-state index < -0.39 is 5.97 Å². The molecule has 38 heavy (non-hydrogen) atoms. The van der Waals surface area contributed by atoms with Crippen LogP contribution in [0.3, 0.4) is 0 Å². The maximum Gasteiger partial charge on any atom is 0.333 e.